The fraction of sp³-hybridized carbons (Fsp3) is 0.292. The number of carbonyl (C=O) groups is 1. The van der Waals surface area contributed by atoms with Crippen molar-refractivity contribution in [1.29, 1.82) is 5.26 Å². The lowest BCUT2D eigenvalue weighted by atomic mass is 10.1. The van der Waals surface area contributed by atoms with E-state index in [1.165, 1.54) is 0 Å². The van der Waals surface area contributed by atoms with Crippen molar-refractivity contribution < 1.29 is 9.53 Å². The maximum atomic E-state index is 12.7. The maximum absolute atomic E-state index is 12.7. The van der Waals surface area contributed by atoms with Crippen molar-refractivity contribution in [3.05, 3.63) is 83.4 Å². The lowest BCUT2D eigenvalue weighted by Crippen LogP contribution is -2.31. The number of amides is 1. The number of rotatable bonds is 7. The van der Waals surface area contributed by atoms with E-state index in [0.29, 0.717) is 31.0 Å². The van der Waals surface area contributed by atoms with E-state index in [4.69, 9.17) is 10.00 Å². The predicted octanol–water partition coefficient (Wildman–Crippen LogP) is 2.62. The Morgan fingerprint density at radius 2 is 2.00 bits per heavy atom. The topological polar surface area (TPSA) is 83.2 Å². The van der Waals surface area contributed by atoms with Gasteiger partial charge in [-0.15, -0.1) is 0 Å². The summed E-state index contributed by atoms with van der Waals surface area (Å²) < 4.78 is 7.64. The molecule has 2 heterocycles. The number of hydrogen-bond acceptors (Lipinski definition) is 5. The zero-order valence-electron chi connectivity index (χ0n) is 17.3. The van der Waals surface area contributed by atoms with Crippen LogP contribution in [-0.2, 0) is 19.5 Å². The van der Waals surface area contributed by atoms with Crippen molar-refractivity contribution in [1.82, 2.24) is 19.8 Å². The number of para-hydroxylation sites is 1. The number of aromatic nitrogens is 2. The van der Waals surface area contributed by atoms with Gasteiger partial charge in [0.1, 0.15) is 23.9 Å². The molecule has 1 aromatic heterocycles. The zero-order chi connectivity index (χ0) is 21.5. The SMILES string of the molecule is N#Cc1cccc(CN2CCc3ncc(C(=O)NCCOc4ccccc4)n3CC2)c1. The molecule has 158 valence electrons. The van der Waals surface area contributed by atoms with E-state index in [2.05, 4.69) is 21.3 Å². The Morgan fingerprint density at radius 3 is 2.84 bits per heavy atom. The molecule has 0 fully saturated rings. The highest BCUT2D eigenvalue weighted by molar-refractivity contribution is 5.92. The van der Waals surface area contributed by atoms with Crippen molar-refractivity contribution in [2.24, 2.45) is 0 Å². The van der Waals surface area contributed by atoms with Gasteiger partial charge in [0.25, 0.3) is 5.91 Å². The Kier molecular flexibility index (Phi) is 6.60. The van der Waals surface area contributed by atoms with Crippen LogP contribution in [0.1, 0.15) is 27.4 Å². The van der Waals surface area contributed by atoms with Gasteiger partial charge >= 0.3 is 0 Å². The summed E-state index contributed by atoms with van der Waals surface area (Å²) in [5, 5.41) is 12.0. The van der Waals surface area contributed by atoms with Gasteiger partial charge in [0.05, 0.1) is 24.4 Å². The van der Waals surface area contributed by atoms with Gasteiger partial charge < -0.3 is 14.6 Å². The number of ether oxygens (including phenoxy) is 1. The minimum Gasteiger partial charge on any atom is -0.492 e. The molecule has 0 bridgehead atoms. The first-order valence-corrected chi connectivity index (χ1v) is 10.4. The van der Waals surface area contributed by atoms with Crippen LogP contribution in [0, 0.1) is 11.3 Å². The van der Waals surface area contributed by atoms with E-state index in [9.17, 15) is 4.79 Å². The van der Waals surface area contributed by atoms with Gasteiger partial charge in [0, 0.05) is 32.6 Å². The molecule has 7 heteroatoms. The van der Waals surface area contributed by atoms with Crippen LogP contribution in [0.25, 0.3) is 0 Å². The molecule has 0 aliphatic carbocycles. The molecule has 4 rings (SSSR count). The van der Waals surface area contributed by atoms with E-state index in [1.54, 1.807) is 6.20 Å². The fourth-order valence-electron chi connectivity index (χ4n) is 3.75. The lowest BCUT2D eigenvalue weighted by molar-refractivity contribution is 0.0937. The van der Waals surface area contributed by atoms with Crippen LogP contribution in [0.3, 0.4) is 0 Å². The lowest BCUT2D eigenvalue weighted by Gasteiger charge is -2.19. The van der Waals surface area contributed by atoms with Crippen LogP contribution >= 0.6 is 0 Å². The number of carbonyl (C=O) groups excluding carboxylic acids is 1. The van der Waals surface area contributed by atoms with E-state index in [1.807, 2.05) is 59.2 Å². The van der Waals surface area contributed by atoms with E-state index < -0.39 is 0 Å². The normalized spacial score (nSPS) is 13.6. The summed E-state index contributed by atoms with van der Waals surface area (Å²) in [6, 6.07) is 19.4. The van der Waals surface area contributed by atoms with Crippen LogP contribution in [-0.4, -0.2) is 46.6 Å². The Hall–Kier alpha value is -3.63. The van der Waals surface area contributed by atoms with Crippen molar-refractivity contribution in [2.45, 2.75) is 19.5 Å². The largest absolute Gasteiger partial charge is 0.492 e. The molecule has 0 radical (unpaired) electrons. The van der Waals surface area contributed by atoms with Crippen molar-refractivity contribution in [3.8, 4) is 11.8 Å². The highest BCUT2D eigenvalue weighted by Crippen LogP contribution is 2.15. The molecular formula is C24H25N5O2. The van der Waals surface area contributed by atoms with Gasteiger partial charge in [0.2, 0.25) is 0 Å². The zero-order valence-corrected chi connectivity index (χ0v) is 17.3. The van der Waals surface area contributed by atoms with Gasteiger partial charge in [-0.05, 0) is 29.8 Å². The summed E-state index contributed by atoms with van der Waals surface area (Å²) in [6.45, 7) is 3.99. The number of imidazole rings is 1. The number of fused-ring (bicyclic) bond motifs is 1. The molecule has 7 nitrogen and oxygen atoms in total. The number of hydrogen-bond donors (Lipinski definition) is 1. The molecule has 0 spiro atoms. The second-order valence-corrected chi connectivity index (χ2v) is 7.47. The van der Waals surface area contributed by atoms with Crippen LogP contribution < -0.4 is 10.1 Å². The number of benzene rings is 2. The maximum Gasteiger partial charge on any atom is 0.269 e. The minimum atomic E-state index is -0.134. The van der Waals surface area contributed by atoms with Crippen LogP contribution in [0.15, 0.2) is 60.8 Å². The first-order valence-electron chi connectivity index (χ1n) is 10.4. The number of nitrogens with zero attached hydrogens (tertiary/aromatic N) is 4. The van der Waals surface area contributed by atoms with Gasteiger partial charge in [-0.1, -0.05) is 30.3 Å². The Balaban J connectivity index is 1.31. The molecule has 0 saturated carbocycles. The van der Waals surface area contributed by atoms with E-state index >= 15 is 0 Å². The summed E-state index contributed by atoms with van der Waals surface area (Å²) >= 11 is 0. The highest BCUT2D eigenvalue weighted by atomic mass is 16.5. The van der Waals surface area contributed by atoms with Gasteiger partial charge in [0.15, 0.2) is 0 Å². The highest BCUT2D eigenvalue weighted by Gasteiger charge is 2.20. The van der Waals surface area contributed by atoms with Gasteiger partial charge in [-0.25, -0.2) is 4.98 Å². The number of nitrogens with one attached hydrogen (secondary N) is 1. The average molecular weight is 415 g/mol. The monoisotopic (exact) mass is 415 g/mol. The third-order valence-electron chi connectivity index (χ3n) is 5.32. The molecule has 0 atom stereocenters. The first kappa shape index (κ1) is 20.6. The van der Waals surface area contributed by atoms with Crippen LogP contribution in [0.4, 0.5) is 0 Å². The molecule has 1 aliphatic heterocycles. The molecule has 2 aromatic carbocycles. The van der Waals surface area contributed by atoms with Crippen LogP contribution in [0.2, 0.25) is 0 Å². The van der Waals surface area contributed by atoms with E-state index in [0.717, 1.165) is 43.2 Å². The van der Waals surface area contributed by atoms with Gasteiger partial charge in [-0.3, -0.25) is 9.69 Å². The van der Waals surface area contributed by atoms with Crippen molar-refractivity contribution in [2.75, 3.05) is 26.2 Å². The summed E-state index contributed by atoms with van der Waals surface area (Å²) in [7, 11) is 0. The summed E-state index contributed by atoms with van der Waals surface area (Å²) in [5.41, 5.74) is 2.38. The molecule has 1 amide bonds. The average Bonchev–Trinajstić information content (AvgIpc) is 3.12. The smallest absolute Gasteiger partial charge is 0.269 e. The Bertz CT molecular complexity index is 1070. The van der Waals surface area contributed by atoms with Crippen molar-refractivity contribution in [3.63, 3.8) is 0 Å². The fourth-order valence-corrected chi connectivity index (χ4v) is 3.75. The molecule has 3 aromatic rings. The number of nitriles is 1. The summed E-state index contributed by atoms with van der Waals surface area (Å²) in [6.07, 6.45) is 2.44. The molecule has 1 N–H and O–H groups in total. The first-order chi connectivity index (χ1) is 15.2. The molecule has 0 saturated heterocycles. The quantitative estimate of drug-likeness (QED) is 0.600. The van der Waals surface area contributed by atoms with E-state index in [-0.39, 0.29) is 5.91 Å². The standard InChI is InChI=1S/C24H25N5O2/c25-16-19-5-4-6-20(15-19)18-28-11-9-23-27-17-22(29(23)13-12-28)24(30)26-10-14-31-21-7-2-1-3-8-21/h1-8,15,17H,9-14,18H2,(H,26,30). The molecular weight excluding hydrogens is 390 g/mol. The molecule has 0 unspecified atom stereocenters. The summed E-state index contributed by atoms with van der Waals surface area (Å²) in [5.74, 6) is 1.58. The Labute approximate surface area is 181 Å². The second-order valence-electron chi connectivity index (χ2n) is 7.47. The third kappa shape index (κ3) is 5.30. The summed E-state index contributed by atoms with van der Waals surface area (Å²) in [4.78, 5) is 19.5. The predicted molar refractivity (Wildman–Crippen MR) is 117 cm³/mol. The molecule has 1 aliphatic rings. The van der Waals surface area contributed by atoms with Crippen LogP contribution in [0.5, 0.6) is 5.75 Å². The second kappa shape index (κ2) is 9.92. The third-order valence-corrected chi connectivity index (χ3v) is 5.32. The molecule has 31 heavy (non-hydrogen) atoms. The Morgan fingerprint density at radius 1 is 1.13 bits per heavy atom. The minimum absolute atomic E-state index is 0.134. The van der Waals surface area contributed by atoms with Gasteiger partial charge in [-0.2, -0.15) is 5.26 Å². The van der Waals surface area contributed by atoms with Crippen molar-refractivity contribution >= 4 is 5.91 Å².